The summed E-state index contributed by atoms with van der Waals surface area (Å²) in [6.07, 6.45) is 0. The smallest absolute Gasteiger partial charge is 0.242 e. The highest BCUT2D eigenvalue weighted by molar-refractivity contribution is 6.35. The van der Waals surface area contributed by atoms with Crippen molar-refractivity contribution in [3.8, 4) is 17.0 Å². The molecule has 0 amide bonds. The molecule has 6 nitrogen and oxygen atoms in total. The van der Waals surface area contributed by atoms with Crippen LogP contribution in [0.25, 0.3) is 11.3 Å². The zero-order valence-corrected chi connectivity index (χ0v) is 13.9. The molecule has 0 radical (unpaired) electrons. The van der Waals surface area contributed by atoms with Crippen LogP contribution < -0.4 is 16.2 Å². The lowest BCUT2D eigenvalue weighted by Crippen LogP contribution is -2.04. The third-order valence-electron chi connectivity index (χ3n) is 3.28. The number of nitrogen functional groups attached to an aromatic ring is 2. The van der Waals surface area contributed by atoms with E-state index in [9.17, 15) is 0 Å². The van der Waals surface area contributed by atoms with Gasteiger partial charge in [0.25, 0.3) is 0 Å². The van der Waals surface area contributed by atoms with Crippen molar-refractivity contribution in [2.45, 2.75) is 6.61 Å². The van der Waals surface area contributed by atoms with Crippen LogP contribution >= 0.6 is 23.2 Å². The molecule has 0 bridgehead atoms. The van der Waals surface area contributed by atoms with Crippen molar-refractivity contribution < 1.29 is 4.74 Å². The van der Waals surface area contributed by atoms with Gasteiger partial charge in [-0.25, -0.2) is 0 Å². The molecule has 0 atom stereocenters. The summed E-state index contributed by atoms with van der Waals surface area (Å²) in [5, 5.41) is 8.80. The second-order valence-corrected chi connectivity index (χ2v) is 5.73. The molecule has 1 aromatic heterocycles. The van der Waals surface area contributed by atoms with Gasteiger partial charge >= 0.3 is 0 Å². The Hall–Kier alpha value is -2.57. The molecule has 8 heteroatoms. The molecule has 0 spiro atoms. The largest absolute Gasteiger partial charge is 0.489 e. The second kappa shape index (κ2) is 6.90. The number of rotatable bonds is 4. The van der Waals surface area contributed by atoms with Gasteiger partial charge in [0.15, 0.2) is 5.82 Å². The minimum absolute atomic E-state index is 0.0250. The summed E-state index contributed by atoms with van der Waals surface area (Å²) in [4.78, 5) is 3.90. The number of nitrogens with two attached hydrogens (primary N) is 2. The average molecular weight is 362 g/mol. The van der Waals surface area contributed by atoms with E-state index in [0.29, 0.717) is 21.5 Å². The number of hydrogen-bond acceptors (Lipinski definition) is 6. The Morgan fingerprint density at radius 2 is 1.67 bits per heavy atom. The van der Waals surface area contributed by atoms with Crippen LogP contribution in [-0.2, 0) is 6.61 Å². The van der Waals surface area contributed by atoms with E-state index in [1.165, 1.54) is 0 Å². The first kappa shape index (κ1) is 16.3. The first-order chi connectivity index (χ1) is 11.5. The van der Waals surface area contributed by atoms with E-state index >= 15 is 0 Å². The summed E-state index contributed by atoms with van der Waals surface area (Å²) in [6, 6.07) is 12.5. The predicted molar refractivity (Wildman–Crippen MR) is 94.9 cm³/mol. The van der Waals surface area contributed by atoms with Crippen LogP contribution in [0.4, 0.5) is 11.8 Å². The SMILES string of the molecule is Nc1nnc(-c2cccc(OCc3c(Cl)cccc3Cl)c2)c(N)n1. The molecular formula is C16H13Cl2N5O. The summed E-state index contributed by atoms with van der Waals surface area (Å²) in [5.41, 5.74) is 13.2. The number of nitrogens with zero attached hydrogens (tertiary/aromatic N) is 3. The van der Waals surface area contributed by atoms with Crippen molar-refractivity contribution >= 4 is 35.0 Å². The summed E-state index contributed by atoms with van der Waals surface area (Å²) in [7, 11) is 0. The fourth-order valence-corrected chi connectivity index (χ4v) is 2.62. The number of anilines is 2. The van der Waals surface area contributed by atoms with Crippen LogP contribution in [-0.4, -0.2) is 15.2 Å². The third kappa shape index (κ3) is 3.50. The summed E-state index contributed by atoms with van der Waals surface area (Å²) >= 11 is 12.3. The van der Waals surface area contributed by atoms with Crippen molar-refractivity contribution in [1.29, 1.82) is 0 Å². The van der Waals surface area contributed by atoms with E-state index in [1.54, 1.807) is 24.3 Å². The molecule has 0 saturated carbocycles. The number of halogens is 2. The molecule has 0 aliphatic rings. The lowest BCUT2D eigenvalue weighted by Gasteiger charge is -2.11. The molecule has 0 saturated heterocycles. The molecule has 3 rings (SSSR count). The molecular weight excluding hydrogens is 349 g/mol. The highest BCUT2D eigenvalue weighted by Crippen LogP contribution is 2.28. The predicted octanol–water partition coefficient (Wildman–Crippen LogP) is 3.59. The van der Waals surface area contributed by atoms with Gasteiger partial charge in [-0.05, 0) is 24.3 Å². The van der Waals surface area contributed by atoms with E-state index in [0.717, 1.165) is 11.1 Å². The first-order valence-electron chi connectivity index (χ1n) is 6.96. The third-order valence-corrected chi connectivity index (χ3v) is 3.99. The maximum Gasteiger partial charge on any atom is 0.242 e. The van der Waals surface area contributed by atoms with Gasteiger partial charge in [0.05, 0.1) is 0 Å². The van der Waals surface area contributed by atoms with Gasteiger partial charge in [-0.3, -0.25) is 0 Å². The van der Waals surface area contributed by atoms with Crippen molar-refractivity contribution in [3.05, 3.63) is 58.1 Å². The normalized spacial score (nSPS) is 10.6. The van der Waals surface area contributed by atoms with Crippen LogP contribution in [0, 0.1) is 0 Å². The van der Waals surface area contributed by atoms with Gasteiger partial charge in [-0.2, -0.15) is 4.98 Å². The Labute approximate surface area is 148 Å². The molecule has 2 aromatic carbocycles. The molecule has 122 valence electrons. The number of ether oxygens (including phenoxy) is 1. The summed E-state index contributed by atoms with van der Waals surface area (Å²) in [6.45, 7) is 0.239. The van der Waals surface area contributed by atoms with E-state index in [-0.39, 0.29) is 18.4 Å². The van der Waals surface area contributed by atoms with Crippen LogP contribution in [0.15, 0.2) is 42.5 Å². The lowest BCUT2D eigenvalue weighted by molar-refractivity contribution is 0.306. The van der Waals surface area contributed by atoms with Crippen molar-refractivity contribution in [2.75, 3.05) is 11.5 Å². The van der Waals surface area contributed by atoms with Gasteiger partial charge in [0.1, 0.15) is 18.1 Å². The summed E-state index contributed by atoms with van der Waals surface area (Å²) in [5.74, 6) is 0.840. The fourth-order valence-electron chi connectivity index (χ4n) is 2.12. The van der Waals surface area contributed by atoms with Gasteiger partial charge in [0.2, 0.25) is 5.95 Å². The topological polar surface area (TPSA) is 99.9 Å². The maximum absolute atomic E-state index is 6.14. The molecule has 0 aliphatic heterocycles. The molecule has 1 heterocycles. The van der Waals surface area contributed by atoms with E-state index in [1.807, 2.05) is 18.2 Å². The van der Waals surface area contributed by atoms with Crippen LogP contribution in [0.5, 0.6) is 5.75 Å². The number of hydrogen-bond donors (Lipinski definition) is 2. The molecule has 0 fully saturated rings. The second-order valence-electron chi connectivity index (χ2n) is 4.92. The molecule has 3 aromatic rings. The zero-order valence-electron chi connectivity index (χ0n) is 12.4. The Bertz CT molecular complexity index is 868. The first-order valence-corrected chi connectivity index (χ1v) is 7.72. The highest BCUT2D eigenvalue weighted by atomic mass is 35.5. The van der Waals surface area contributed by atoms with E-state index in [2.05, 4.69) is 15.2 Å². The van der Waals surface area contributed by atoms with Crippen molar-refractivity contribution in [1.82, 2.24) is 15.2 Å². The minimum atomic E-state index is 0.0250. The number of aromatic nitrogens is 3. The average Bonchev–Trinajstić information content (AvgIpc) is 2.54. The Morgan fingerprint density at radius 3 is 2.38 bits per heavy atom. The van der Waals surface area contributed by atoms with Gasteiger partial charge < -0.3 is 16.2 Å². The van der Waals surface area contributed by atoms with E-state index < -0.39 is 0 Å². The van der Waals surface area contributed by atoms with E-state index in [4.69, 9.17) is 39.4 Å². The molecule has 24 heavy (non-hydrogen) atoms. The lowest BCUT2D eigenvalue weighted by atomic mass is 10.1. The van der Waals surface area contributed by atoms with Crippen LogP contribution in [0.1, 0.15) is 5.56 Å². The maximum atomic E-state index is 6.14. The fraction of sp³-hybridized carbons (Fsp3) is 0.0625. The summed E-state index contributed by atoms with van der Waals surface area (Å²) < 4.78 is 5.78. The van der Waals surface area contributed by atoms with Crippen LogP contribution in [0.2, 0.25) is 10.0 Å². The monoisotopic (exact) mass is 361 g/mol. The van der Waals surface area contributed by atoms with Crippen molar-refractivity contribution in [2.24, 2.45) is 0 Å². The van der Waals surface area contributed by atoms with Gasteiger partial charge in [0, 0.05) is 21.2 Å². The number of benzene rings is 2. The van der Waals surface area contributed by atoms with Gasteiger partial charge in [-0.15, -0.1) is 10.2 Å². The minimum Gasteiger partial charge on any atom is -0.489 e. The Morgan fingerprint density at radius 1 is 0.958 bits per heavy atom. The Kier molecular flexibility index (Phi) is 4.69. The standard InChI is InChI=1S/C16H13Cl2N5O/c17-12-5-2-6-13(18)11(12)8-24-10-4-1-3-9(7-10)14-15(19)21-16(20)23-22-14/h1-7H,8H2,(H4,19,20,21,23). The zero-order chi connectivity index (χ0) is 17.1. The highest BCUT2D eigenvalue weighted by Gasteiger charge is 2.10. The molecule has 0 unspecified atom stereocenters. The molecule has 4 N–H and O–H groups in total. The quantitative estimate of drug-likeness (QED) is 0.736. The van der Waals surface area contributed by atoms with Crippen LogP contribution in [0.3, 0.4) is 0 Å². The Balaban J connectivity index is 1.83. The van der Waals surface area contributed by atoms with Gasteiger partial charge in [-0.1, -0.05) is 41.4 Å². The molecule has 0 aliphatic carbocycles. The van der Waals surface area contributed by atoms with Crippen molar-refractivity contribution in [3.63, 3.8) is 0 Å².